The topological polar surface area (TPSA) is 58.6 Å². The van der Waals surface area contributed by atoms with E-state index in [-0.39, 0.29) is 23.7 Å². The molecule has 0 spiro atoms. The first-order valence-corrected chi connectivity index (χ1v) is 8.80. The zero-order valence-corrected chi connectivity index (χ0v) is 14.8. The van der Waals surface area contributed by atoms with Crippen LogP contribution in [0.5, 0.6) is 5.75 Å². The minimum Gasteiger partial charge on any atom is -0.495 e. The fourth-order valence-electron chi connectivity index (χ4n) is 3.39. The second-order valence-electron chi connectivity index (χ2n) is 6.81. The van der Waals surface area contributed by atoms with E-state index in [2.05, 4.69) is 12.2 Å². The second kappa shape index (κ2) is 7.01. The van der Waals surface area contributed by atoms with E-state index in [1.807, 2.05) is 4.90 Å². The van der Waals surface area contributed by atoms with Gasteiger partial charge in [0.05, 0.1) is 24.6 Å². The molecule has 0 radical (unpaired) electrons. The van der Waals surface area contributed by atoms with E-state index in [1.165, 1.54) is 6.42 Å². The second-order valence-corrected chi connectivity index (χ2v) is 7.25. The van der Waals surface area contributed by atoms with Crippen molar-refractivity contribution in [2.45, 2.75) is 26.2 Å². The highest BCUT2D eigenvalue weighted by atomic mass is 35.5. The summed E-state index contributed by atoms with van der Waals surface area (Å²) < 4.78 is 5.23. The lowest BCUT2D eigenvalue weighted by molar-refractivity contribution is -0.135. The molecule has 1 aliphatic carbocycles. The van der Waals surface area contributed by atoms with E-state index >= 15 is 0 Å². The Kier molecular flexibility index (Phi) is 4.99. The van der Waals surface area contributed by atoms with E-state index < -0.39 is 0 Å². The van der Waals surface area contributed by atoms with Gasteiger partial charge in [-0.05, 0) is 43.4 Å². The molecule has 6 heteroatoms. The fourth-order valence-corrected chi connectivity index (χ4v) is 3.56. The Balaban J connectivity index is 1.60. The maximum Gasteiger partial charge on any atom is 0.228 e. The summed E-state index contributed by atoms with van der Waals surface area (Å²) in [4.78, 5) is 26.9. The fraction of sp³-hybridized carbons (Fsp3) is 0.556. The number of ether oxygens (including phenoxy) is 1. The molecule has 2 fully saturated rings. The molecular weight excluding hydrogens is 328 g/mol. The number of hydrogen-bond donors (Lipinski definition) is 1. The number of methoxy groups -OCH3 is 1. The first-order valence-electron chi connectivity index (χ1n) is 8.42. The molecule has 0 aromatic heterocycles. The molecule has 1 aromatic carbocycles. The van der Waals surface area contributed by atoms with Gasteiger partial charge >= 0.3 is 0 Å². The van der Waals surface area contributed by atoms with E-state index in [0.717, 1.165) is 19.5 Å². The standard InChI is InChI=1S/C18H23ClN2O3/c1-11-4-3-7-21(10-11)18(23)14-9-13(14)17(22)20-15-8-12(19)5-6-16(15)24-2/h5-6,8,11,13-14H,3-4,7,9-10H2,1-2H3,(H,20,22). The van der Waals surface area contributed by atoms with Crippen molar-refractivity contribution in [3.8, 4) is 5.75 Å². The summed E-state index contributed by atoms with van der Waals surface area (Å²) in [5.41, 5.74) is 0.541. The Morgan fingerprint density at radius 2 is 2.12 bits per heavy atom. The van der Waals surface area contributed by atoms with Crippen LogP contribution in [0.3, 0.4) is 0 Å². The number of nitrogens with one attached hydrogen (secondary N) is 1. The highest BCUT2D eigenvalue weighted by molar-refractivity contribution is 6.31. The van der Waals surface area contributed by atoms with Gasteiger partial charge in [-0.2, -0.15) is 0 Å². The summed E-state index contributed by atoms with van der Waals surface area (Å²) in [6.07, 6.45) is 2.85. The van der Waals surface area contributed by atoms with Crippen LogP contribution < -0.4 is 10.1 Å². The van der Waals surface area contributed by atoms with Crippen LogP contribution in [0.1, 0.15) is 26.2 Å². The Hall–Kier alpha value is -1.75. The number of hydrogen-bond acceptors (Lipinski definition) is 3. The molecule has 0 bridgehead atoms. The van der Waals surface area contributed by atoms with Crippen molar-refractivity contribution in [3.63, 3.8) is 0 Å². The highest BCUT2D eigenvalue weighted by Gasteiger charge is 2.49. The van der Waals surface area contributed by atoms with Crippen LogP contribution in [-0.4, -0.2) is 36.9 Å². The average molecular weight is 351 g/mol. The van der Waals surface area contributed by atoms with Crippen molar-refractivity contribution in [3.05, 3.63) is 23.2 Å². The van der Waals surface area contributed by atoms with Gasteiger partial charge in [0.25, 0.3) is 0 Å². The molecule has 3 rings (SSSR count). The van der Waals surface area contributed by atoms with Gasteiger partial charge in [-0.3, -0.25) is 9.59 Å². The number of carbonyl (C=O) groups is 2. The Bertz CT molecular complexity index is 649. The van der Waals surface area contributed by atoms with E-state index in [4.69, 9.17) is 16.3 Å². The maximum atomic E-state index is 12.6. The smallest absolute Gasteiger partial charge is 0.228 e. The molecule has 1 N–H and O–H groups in total. The molecule has 3 atom stereocenters. The zero-order valence-electron chi connectivity index (χ0n) is 14.0. The summed E-state index contributed by atoms with van der Waals surface area (Å²) in [5.74, 6) is 0.656. The lowest BCUT2D eigenvalue weighted by Crippen LogP contribution is -2.40. The number of benzene rings is 1. The van der Waals surface area contributed by atoms with E-state index in [0.29, 0.717) is 28.8 Å². The van der Waals surface area contributed by atoms with Gasteiger partial charge in [-0.25, -0.2) is 0 Å². The highest BCUT2D eigenvalue weighted by Crippen LogP contribution is 2.42. The van der Waals surface area contributed by atoms with Crippen LogP contribution in [0.4, 0.5) is 5.69 Å². The predicted octanol–water partition coefficient (Wildman–Crippen LogP) is 3.18. The minimum atomic E-state index is -0.251. The molecule has 1 aromatic rings. The number of anilines is 1. The van der Waals surface area contributed by atoms with Crippen molar-refractivity contribution in [1.82, 2.24) is 4.90 Å². The molecule has 130 valence electrons. The number of carbonyl (C=O) groups excluding carboxylic acids is 2. The van der Waals surface area contributed by atoms with Gasteiger partial charge in [0.1, 0.15) is 5.75 Å². The molecule has 1 aliphatic heterocycles. The molecule has 2 aliphatic rings. The molecule has 2 amide bonds. The van der Waals surface area contributed by atoms with Crippen molar-refractivity contribution >= 4 is 29.1 Å². The molecule has 1 saturated heterocycles. The van der Waals surface area contributed by atoms with Gasteiger partial charge < -0.3 is 15.0 Å². The quantitative estimate of drug-likeness (QED) is 0.907. The lowest BCUT2D eigenvalue weighted by atomic mass is 10.00. The van der Waals surface area contributed by atoms with Crippen LogP contribution in [0.25, 0.3) is 0 Å². The summed E-state index contributed by atoms with van der Waals surface area (Å²) in [6, 6.07) is 5.07. The summed E-state index contributed by atoms with van der Waals surface area (Å²) >= 11 is 5.98. The third kappa shape index (κ3) is 3.66. The Morgan fingerprint density at radius 1 is 1.33 bits per heavy atom. The van der Waals surface area contributed by atoms with E-state index in [9.17, 15) is 9.59 Å². The molecule has 1 heterocycles. The Labute approximate surface area is 147 Å². The minimum absolute atomic E-state index is 0.125. The van der Waals surface area contributed by atoms with Gasteiger partial charge in [0.15, 0.2) is 0 Å². The summed E-state index contributed by atoms with van der Waals surface area (Å²) in [7, 11) is 1.54. The summed E-state index contributed by atoms with van der Waals surface area (Å²) in [5, 5.41) is 3.37. The number of amides is 2. The number of likely N-dealkylation sites (tertiary alicyclic amines) is 1. The number of piperidine rings is 1. The molecular formula is C18H23ClN2O3. The number of nitrogens with zero attached hydrogens (tertiary/aromatic N) is 1. The molecule has 24 heavy (non-hydrogen) atoms. The number of rotatable bonds is 4. The Morgan fingerprint density at radius 3 is 2.83 bits per heavy atom. The predicted molar refractivity (Wildman–Crippen MR) is 93.2 cm³/mol. The SMILES string of the molecule is COc1ccc(Cl)cc1NC(=O)C1CC1C(=O)N1CCCC(C)C1. The van der Waals surface area contributed by atoms with Gasteiger partial charge in [0.2, 0.25) is 11.8 Å². The van der Waals surface area contributed by atoms with Crippen LogP contribution in [-0.2, 0) is 9.59 Å². The lowest BCUT2D eigenvalue weighted by Gasteiger charge is -2.31. The van der Waals surface area contributed by atoms with Crippen molar-refractivity contribution in [2.24, 2.45) is 17.8 Å². The van der Waals surface area contributed by atoms with Crippen LogP contribution in [0.2, 0.25) is 5.02 Å². The van der Waals surface area contributed by atoms with Gasteiger partial charge in [-0.1, -0.05) is 18.5 Å². The molecule has 5 nitrogen and oxygen atoms in total. The first-order chi connectivity index (χ1) is 11.5. The normalized spacial score (nSPS) is 26.0. The monoisotopic (exact) mass is 350 g/mol. The maximum absolute atomic E-state index is 12.6. The van der Waals surface area contributed by atoms with E-state index in [1.54, 1.807) is 25.3 Å². The van der Waals surface area contributed by atoms with Crippen molar-refractivity contribution in [1.29, 1.82) is 0 Å². The van der Waals surface area contributed by atoms with Crippen molar-refractivity contribution < 1.29 is 14.3 Å². The summed E-state index contributed by atoms with van der Waals surface area (Å²) in [6.45, 7) is 3.80. The third-order valence-corrected chi connectivity index (χ3v) is 5.07. The average Bonchev–Trinajstić information content (AvgIpc) is 3.35. The number of halogens is 1. The largest absolute Gasteiger partial charge is 0.495 e. The van der Waals surface area contributed by atoms with Crippen LogP contribution >= 0.6 is 11.6 Å². The van der Waals surface area contributed by atoms with Gasteiger partial charge in [0, 0.05) is 18.1 Å². The first kappa shape index (κ1) is 17.1. The zero-order chi connectivity index (χ0) is 17.3. The molecule has 1 saturated carbocycles. The van der Waals surface area contributed by atoms with Gasteiger partial charge in [-0.15, -0.1) is 0 Å². The molecule has 3 unspecified atom stereocenters. The van der Waals surface area contributed by atoms with Crippen LogP contribution in [0.15, 0.2) is 18.2 Å². The van der Waals surface area contributed by atoms with Crippen LogP contribution in [0, 0.1) is 17.8 Å². The third-order valence-electron chi connectivity index (χ3n) is 4.83. The van der Waals surface area contributed by atoms with Crippen molar-refractivity contribution in [2.75, 3.05) is 25.5 Å².